The maximum absolute atomic E-state index is 13.0. The van der Waals surface area contributed by atoms with E-state index in [4.69, 9.17) is 14.8 Å². The SMILES string of the molecule is CC(C)(C)CCOc1cc(F)ccc1B(O)O. The minimum absolute atomic E-state index is 0.116. The van der Waals surface area contributed by atoms with E-state index in [1.165, 1.54) is 12.1 Å². The van der Waals surface area contributed by atoms with Gasteiger partial charge in [0, 0.05) is 11.5 Å². The molecule has 1 aromatic carbocycles. The lowest BCUT2D eigenvalue weighted by molar-refractivity contribution is 0.243. The summed E-state index contributed by atoms with van der Waals surface area (Å²) < 4.78 is 18.4. The third kappa shape index (κ3) is 4.75. The average molecular weight is 240 g/mol. The molecule has 1 rings (SSSR count). The summed E-state index contributed by atoms with van der Waals surface area (Å²) in [7, 11) is -1.65. The molecule has 0 aliphatic heterocycles. The van der Waals surface area contributed by atoms with Gasteiger partial charge >= 0.3 is 7.12 Å². The first-order chi connectivity index (χ1) is 7.79. The number of hydrogen-bond acceptors (Lipinski definition) is 3. The van der Waals surface area contributed by atoms with Gasteiger partial charge in [-0.1, -0.05) is 26.8 Å². The Hall–Kier alpha value is -1.07. The van der Waals surface area contributed by atoms with Gasteiger partial charge in [-0.3, -0.25) is 0 Å². The minimum atomic E-state index is -1.65. The molecule has 0 aliphatic carbocycles. The third-order valence-corrected chi connectivity index (χ3v) is 2.36. The van der Waals surface area contributed by atoms with Crippen LogP contribution in [0.3, 0.4) is 0 Å². The summed E-state index contributed by atoms with van der Waals surface area (Å²) in [6.45, 7) is 6.63. The van der Waals surface area contributed by atoms with E-state index in [-0.39, 0.29) is 16.6 Å². The van der Waals surface area contributed by atoms with E-state index in [1.807, 2.05) is 0 Å². The van der Waals surface area contributed by atoms with Gasteiger partial charge in [-0.05, 0) is 17.9 Å². The van der Waals surface area contributed by atoms with Gasteiger partial charge in [0.15, 0.2) is 0 Å². The molecule has 0 unspecified atom stereocenters. The van der Waals surface area contributed by atoms with Gasteiger partial charge in [0.25, 0.3) is 0 Å². The molecule has 0 atom stereocenters. The normalized spacial score (nSPS) is 11.4. The van der Waals surface area contributed by atoms with Gasteiger partial charge in [0.1, 0.15) is 11.6 Å². The molecule has 1 aromatic rings. The van der Waals surface area contributed by atoms with Crippen LogP contribution in [0.1, 0.15) is 27.2 Å². The highest BCUT2D eigenvalue weighted by Crippen LogP contribution is 2.19. The van der Waals surface area contributed by atoms with Gasteiger partial charge in [0.2, 0.25) is 0 Å². The van der Waals surface area contributed by atoms with E-state index >= 15 is 0 Å². The van der Waals surface area contributed by atoms with Crippen LogP contribution in [0.5, 0.6) is 5.75 Å². The van der Waals surface area contributed by atoms with E-state index < -0.39 is 12.9 Å². The molecule has 0 saturated heterocycles. The first kappa shape index (κ1) is 14.0. The maximum Gasteiger partial charge on any atom is 0.492 e. The summed E-state index contributed by atoms with van der Waals surface area (Å²) >= 11 is 0. The van der Waals surface area contributed by atoms with Gasteiger partial charge < -0.3 is 14.8 Å². The van der Waals surface area contributed by atoms with Crippen molar-refractivity contribution in [3.8, 4) is 5.75 Å². The summed E-state index contributed by atoms with van der Waals surface area (Å²) in [6, 6.07) is 3.65. The zero-order chi connectivity index (χ0) is 13.1. The smallest absolute Gasteiger partial charge is 0.492 e. The van der Waals surface area contributed by atoms with Crippen LogP contribution in [0.2, 0.25) is 0 Å². The van der Waals surface area contributed by atoms with Crippen LogP contribution >= 0.6 is 0 Å². The second kappa shape index (κ2) is 5.51. The molecule has 2 N–H and O–H groups in total. The molecule has 94 valence electrons. The highest BCUT2D eigenvalue weighted by molar-refractivity contribution is 6.59. The predicted molar refractivity (Wildman–Crippen MR) is 65.8 cm³/mol. The summed E-state index contributed by atoms with van der Waals surface area (Å²) in [6.07, 6.45) is 0.796. The Morgan fingerprint density at radius 3 is 2.47 bits per heavy atom. The molecule has 0 amide bonds. The molecule has 0 aromatic heterocycles. The summed E-state index contributed by atoms with van der Waals surface area (Å²) in [5.41, 5.74) is 0.297. The Morgan fingerprint density at radius 2 is 1.94 bits per heavy atom. The number of halogens is 1. The predicted octanol–water partition coefficient (Wildman–Crippen LogP) is 1.32. The average Bonchev–Trinajstić information content (AvgIpc) is 2.15. The van der Waals surface area contributed by atoms with Gasteiger partial charge in [0.05, 0.1) is 6.61 Å². The summed E-state index contributed by atoms with van der Waals surface area (Å²) in [5.74, 6) is -0.274. The molecular formula is C12H18BFO3. The number of benzene rings is 1. The highest BCUT2D eigenvalue weighted by atomic mass is 19.1. The van der Waals surface area contributed by atoms with Crippen molar-refractivity contribution in [3.63, 3.8) is 0 Å². The molecule has 0 fully saturated rings. The fourth-order valence-corrected chi connectivity index (χ4v) is 1.31. The fourth-order valence-electron chi connectivity index (χ4n) is 1.31. The molecule has 0 heterocycles. The van der Waals surface area contributed by atoms with Crippen molar-refractivity contribution in [1.82, 2.24) is 0 Å². The van der Waals surface area contributed by atoms with Crippen LogP contribution in [0, 0.1) is 11.2 Å². The highest BCUT2D eigenvalue weighted by Gasteiger charge is 2.18. The Balaban J connectivity index is 2.72. The first-order valence-electron chi connectivity index (χ1n) is 5.58. The Morgan fingerprint density at radius 1 is 1.29 bits per heavy atom. The van der Waals surface area contributed by atoms with Crippen LogP contribution in [0.4, 0.5) is 4.39 Å². The third-order valence-electron chi connectivity index (χ3n) is 2.36. The monoisotopic (exact) mass is 240 g/mol. The van der Waals surface area contributed by atoms with Crippen LogP contribution in [0.15, 0.2) is 18.2 Å². The van der Waals surface area contributed by atoms with Crippen molar-refractivity contribution in [1.29, 1.82) is 0 Å². The molecule has 0 saturated carbocycles. The van der Waals surface area contributed by atoms with Crippen molar-refractivity contribution >= 4 is 12.6 Å². The lowest BCUT2D eigenvalue weighted by Gasteiger charge is -2.19. The quantitative estimate of drug-likeness (QED) is 0.780. The summed E-state index contributed by atoms with van der Waals surface area (Å²) in [4.78, 5) is 0. The standard InChI is InChI=1S/C12H18BFO3/c1-12(2,3)6-7-17-11-8-9(14)4-5-10(11)13(15)16/h4-5,8,15-16H,6-7H2,1-3H3. The number of hydrogen-bond donors (Lipinski definition) is 2. The van der Waals surface area contributed by atoms with Crippen LogP contribution < -0.4 is 10.2 Å². The Bertz CT molecular complexity index is 375. The van der Waals surface area contributed by atoms with Crippen LogP contribution in [0.25, 0.3) is 0 Å². The van der Waals surface area contributed by atoms with E-state index in [9.17, 15) is 4.39 Å². The number of ether oxygens (including phenoxy) is 1. The van der Waals surface area contributed by atoms with Crippen LogP contribution in [-0.4, -0.2) is 23.8 Å². The Kier molecular flexibility index (Phi) is 4.54. The first-order valence-corrected chi connectivity index (χ1v) is 5.58. The lowest BCUT2D eigenvalue weighted by atomic mass is 9.79. The van der Waals surface area contributed by atoms with Crippen molar-refractivity contribution in [2.45, 2.75) is 27.2 Å². The van der Waals surface area contributed by atoms with E-state index in [0.717, 1.165) is 12.5 Å². The molecule has 3 nitrogen and oxygen atoms in total. The van der Waals surface area contributed by atoms with E-state index in [0.29, 0.717) is 6.61 Å². The second-order valence-corrected chi connectivity index (χ2v) is 5.21. The molecule has 0 radical (unpaired) electrons. The molecule has 17 heavy (non-hydrogen) atoms. The minimum Gasteiger partial charge on any atom is -0.494 e. The van der Waals surface area contributed by atoms with Gasteiger partial charge in [-0.25, -0.2) is 4.39 Å². The summed E-state index contributed by atoms with van der Waals surface area (Å²) in [5, 5.41) is 18.2. The van der Waals surface area contributed by atoms with Gasteiger partial charge in [-0.15, -0.1) is 0 Å². The van der Waals surface area contributed by atoms with E-state index in [1.54, 1.807) is 0 Å². The van der Waals surface area contributed by atoms with Crippen molar-refractivity contribution in [2.24, 2.45) is 5.41 Å². The zero-order valence-electron chi connectivity index (χ0n) is 10.4. The lowest BCUT2D eigenvalue weighted by Crippen LogP contribution is -2.31. The molecule has 0 aliphatic rings. The Labute approximate surface area is 101 Å². The number of rotatable bonds is 4. The van der Waals surface area contributed by atoms with Crippen LogP contribution in [-0.2, 0) is 0 Å². The van der Waals surface area contributed by atoms with Crippen molar-refractivity contribution < 1.29 is 19.2 Å². The van der Waals surface area contributed by atoms with E-state index in [2.05, 4.69) is 20.8 Å². The topological polar surface area (TPSA) is 49.7 Å². The van der Waals surface area contributed by atoms with Gasteiger partial charge in [-0.2, -0.15) is 0 Å². The molecule has 0 spiro atoms. The maximum atomic E-state index is 13.0. The fraction of sp³-hybridized carbons (Fsp3) is 0.500. The molecule has 0 bridgehead atoms. The second-order valence-electron chi connectivity index (χ2n) is 5.21. The largest absolute Gasteiger partial charge is 0.494 e. The van der Waals surface area contributed by atoms with Crippen molar-refractivity contribution in [2.75, 3.05) is 6.61 Å². The molecule has 5 heteroatoms. The zero-order valence-corrected chi connectivity index (χ0v) is 10.4. The van der Waals surface area contributed by atoms with Crippen molar-refractivity contribution in [3.05, 3.63) is 24.0 Å². The molecular weight excluding hydrogens is 222 g/mol.